The zero-order chi connectivity index (χ0) is 27.4. The molecule has 0 unspecified atom stereocenters. The number of imide groups is 1. The highest BCUT2D eigenvalue weighted by Gasteiger charge is 2.40. The molecule has 0 radical (unpaired) electrons. The number of aromatic hydroxyl groups is 1. The van der Waals surface area contributed by atoms with Crippen LogP contribution in [0.3, 0.4) is 0 Å². The number of esters is 2. The zero-order valence-electron chi connectivity index (χ0n) is 19.9. The van der Waals surface area contributed by atoms with Gasteiger partial charge in [-0.15, -0.1) is 0 Å². The lowest BCUT2D eigenvalue weighted by Crippen LogP contribution is -2.33. The number of halogens is 2. The predicted octanol–water partition coefficient (Wildman–Crippen LogP) is 5.27. The third-order valence-corrected chi connectivity index (χ3v) is 6.02. The lowest BCUT2D eigenvalue weighted by molar-refractivity contribution is -0.120. The molecule has 1 aliphatic heterocycles. The SMILES string of the molecule is CCCOC(=O)c1ccccc1N1C(=O)C(Cl)=C(Nc2ccc(C(=O)Oc3ccc(Cl)c(O)c3)cc2)C1=O. The summed E-state index contributed by atoms with van der Waals surface area (Å²) in [6.45, 7) is 2.03. The molecule has 0 atom stereocenters. The number of carbonyl (C=O) groups excluding carboxylic acids is 4. The van der Waals surface area contributed by atoms with Gasteiger partial charge in [0.2, 0.25) is 0 Å². The first-order valence-corrected chi connectivity index (χ1v) is 12.1. The number of nitrogens with zero attached hydrogens (tertiary/aromatic N) is 1. The van der Waals surface area contributed by atoms with Gasteiger partial charge in [0.25, 0.3) is 11.8 Å². The van der Waals surface area contributed by atoms with Crippen molar-refractivity contribution in [2.75, 3.05) is 16.8 Å². The van der Waals surface area contributed by atoms with E-state index in [2.05, 4.69) is 5.32 Å². The van der Waals surface area contributed by atoms with Crippen LogP contribution in [0, 0.1) is 0 Å². The molecule has 0 aromatic heterocycles. The number of amides is 2. The predicted molar refractivity (Wildman–Crippen MR) is 141 cm³/mol. The number of para-hydroxylation sites is 1. The second kappa shape index (κ2) is 11.4. The quantitative estimate of drug-likeness (QED) is 0.219. The molecule has 0 bridgehead atoms. The van der Waals surface area contributed by atoms with Crippen LogP contribution in [-0.2, 0) is 14.3 Å². The molecule has 1 aliphatic rings. The van der Waals surface area contributed by atoms with Crippen molar-refractivity contribution < 1.29 is 33.8 Å². The van der Waals surface area contributed by atoms with Gasteiger partial charge in [0.1, 0.15) is 22.2 Å². The first kappa shape index (κ1) is 26.7. The molecule has 194 valence electrons. The molecule has 11 heteroatoms. The molecule has 9 nitrogen and oxygen atoms in total. The number of carbonyl (C=O) groups is 4. The van der Waals surface area contributed by atoms with Gasteiger partial charge in [0, 0.05) is 11.8 Å². The van der Waals surface area contributed by atoms with Gasteiger partial charge in [-0.1, -0.05) is 42.3 Å². The molecule has 2 amide bonds. The summed E-state index contributed by atoms with van der Waals surface area (Å²) >= 11 is 12.0. The topological polar surface area (TPSA) is 122 Å². The van der Waals surface area contributed by atoms with Gasteiger partial charge in [-0.05, 0) is 55.0 Å². The Labute approximate surface area is 227 Å². The first-order valence-electron chi connectivity index (χ1n) is 11.3. The van der Waals surface area contributed by atoms with Crippen LogP contribution in [-0.4, -0.2) is 35.5 Å². The maximum atomic E-state index is 13.2. The summed E-state index contributed by atoms with van der Waals surface area (Å²) in [6, 6.07) is 16.0. The molecule has 0 aliphatic carbocycles. The van der Waals surface area contributed by atoms with Crippen LogP contribution < -0.4 is 15.0 Å². The summed E-state index contributed by atoms with van der Waals surface area (Å²) in [6.07, 6.45) is 0.609. The second-order valence-electron chi connectivity index (χ2n) is 7.99. The maximum Gasteiger partial charge on any atom is 0.343 e. The van der Waals surface area contributed by atoms with Crippen LogP contribution in [0.4, 0.5) is 11.4 Å². The highest BCUT2D eigenvalue weighted by Crippen LogP contribution is 2.33. The molecular weight excluding hydrogens is 535 g/mol. The van der Waals surface area contributed by atoms with Crippen molar-refractivity contribution in [3.05, 3.63) is 93.6 Å². The summed E-state index contributed by atoms with van der Waals surface area (Å²) in [4.78, 5) is 51.8. The number of ether oxygens (including phenoxy) is 2. The fourth-order valence-corrected chi connectivity index (χ4v) is 3.83. The average Bonchev–Trinajstić information content (AvgIpc) is 3.12. The zero-order valence-corrected chi connectivity index (χ0v) is 21.4. The summed E-state index contributed by atoms with van der Waals surface area (Å²) in [7, 11) is 0. The minimum Gasteiger partial charge on any atom is -0.506 e. The largest absolute Gasteiger partial charge is 0.506 e. The molecule has 4 rings (SSSR count). The summed E-state index contributed by atoms with van der Waals surface area (Å²) < 4.78 is 10.4. The van der Waals surface area contributed by atoms with Gasteiger partial charge in [0.15, 0.2) is 0 Å². The maximum absolute atomic E-state index is 13.2. The third-order valence-electron chi connectivity index (χ3n) is 5.35. The van der Waals surface area contributed by atoms with Crippen molar-refractivity contribution in [1.29, 1.82) is 0 Å². The van der Waals surface area contributed by atoms with E-state index in [4.69, 9.17) is 32.7 Å². The van der Waals surface area contributed by atoms with Gasteiger partial charge < -0.3 is 19.9 Å². The second-order valence-corrected chi connectivity index (χ2v) is 8.78. The van der Waals surface area contributed by atoms with E-state index >= 15 is 0 Å². The summed E-state index contributed by atoms with van der Waals surface area (Å²) in [5, 5.41) is 12.2. The number of phenolic OH excluding ortho intramolecular Hbond substituents is 1. The van der Waals surface area contributed by atoms with Crippen LogP contribution in [0.2, 0.25) is 5.02 Å². The first-order chi connectivity index (χ1) is 18.2. The molecule has 3 aromatic rings. The van der Waals surface area contributed by atoms with Crippen molar-refractivity contribution in [1.82, 2.24) is 0 Å². The smallest absolute Gasteiger partial charge is 0.343 e. The third kappa shape index (κ3) is 5.49. The number of nitrogens with one attached hydrogen (secondary N) is 1. The van der Waals surface area contributed by atoms with Crippen molar-refractivity contribution in [2.24, 2.45) is 0 Å². The molecule has 3 aromatic carbocycles. The van der Waals surface area contributed by atoms with E-state index in [1.807, 2.05) is 6.92 Å². The Bertz CT molecular complexity index is 1470. The van der Waals surface area contributed by atoms with Gasteiger partial charge >= 0.3 is 11.9 Å². The van der Waals surface area contributed by atoms with E-state index in [-0.39, 0.29) is 50.7 Å². The van der Waals surface area contributed by atoms with Crippen LogP contribution in [0.1, 0.15) is 34.1 Å². The van der Waals surface area contributed by atoms with Gasteiger partial charge in [-0.3, -0.25) is 9.59 Å². The Morgan fingerprint density at radius 1 is 0.947 bits per heavy atom. The normalized spacial score (nSPS) is 13.1. The highest BCUT2D eigenvalue weighted by molar-refractivity contribution is 6.53. The van der Waals surface area contributed by atoms with E-state index in [0.29, 0.717) is 12.1 Å². The number of rotatable bonds is 8. The molecule has 38 heavy (non-hydrogen) atoms. The number of benzene rings is 3. The van der Waals surface area contributed by atoms with Crippen LogP contribution in [0.15, 0.2) is 77.5 Å². The lowest BCUT2D eigenvalue weighted by atomic mass is 10.1. The molecule has 0 fully saturated rings. The molecule has 0 saturated heterocycles. The molecule has 0 spiro atoms. The molecule has 1 heterocycles. The highest BCUT2D eigenvalue weighted by atomic mass is 35.5. The van der Waals surface area contributed by atoms with Crippen molar-refractivity contribution >= 4 is 58.3 Å². The molecular formula is C27H20Cl2N2O7. The number of phenols is 1. The Kier molecular flexibility index (Phi) is 7.99. The Hall–Kier alpha value is -4.34. The van der Waals surface area contributed by atoms with Crippen molar-refractivity contribution in [2.45, 2.75) is 13.3 Å². The van der Waals surface area contributed by atoms with Crippen molar-refractivity contribution in [3.8, 4) is 11.5 Å². The van der Waals surface area contributed by atoms with Gasteiger partial charge in [-0.25, -0.2) is 14.5 Å². The van der Waals surface area contributed by atoms with Gasteiger partial charge in [-0.2, -0.15) is 0 Å². The number of hydrogen-bond donors (Lipinski definition) is 2. The van der Waals surface area contributed by atoms with E-state index < -0.39 is 23.8 Å². The Balaban J connectivity index is 1.50. The Morgan fingerprint density at radius 3 is 2.34 bits per heavy atom. The summed E-state index contributed by atoms with van der Waals surface area (Å²) in [5.74, 6) is -3.06. The van der Waals surface area contributed by atoms with E-state index in [1.54, 1.807) is 12.1 Å². The van der Waals surface area contributed by atoms with Crippen LogP contribution >= 0.6 is 23.2 Å². The molecule has 0 saturated carbocycles. The standard InChI is InChI=1S/C27H20Cl2N2O7/c1-2-13-37-27(36)18-5-3-4-6-20(18)31-24(33)22(29)23(25(31)34)30-16-9-7-15(8-10-16)26(35)38-17-11-12-19(28)21(32)14-17/h3-12,14,30,32H,2,13H2,1H3. The van der Waals surface area contributed by atoms with E-state index in [0.717, 1.165) is 4.90 Å². The number of hydrogen-bond acceptors (Lipinski definition) is 8. The monoisotopic (exact) mass is 554 g/mol. The fourth-order valence-electron chi connectivity index (χ4n) is 3.50. The van der Waals surface area contributed by atoms with Crippen LogP contribution in [0.5, 0.6) is 11.5 Å². The van der Waals surface area contributed by atoms with Gasteiger partial charge in [0.05, 0.1) is 28.4 Å². The fraction of sp³-hybridized carbons (Fsp3) is 0.111. The number of anilines is 2. The van der Waals surface area contributed by atoms with E-state index in [9.17, 15) is 24.3 Å². The minimum atomic E-state index is -0.804. The van der Waals surface area contributed by atoms with Crippen molar-refractivity contribution in [3.63, 3.8) is 0 Å². The Morgan fingerprint density at radius 2 is 1.66 bits per heavy atom. The molecule has 2 N–H and O–H groups in total. The average molecular weight is 555 g/mol. The lowest BCUT2D eigenvalue weighted by Gasteiger charge is -2.18. The minimum absolute atomic E-state index is 0.0462. The van der Waals surface area contributed by atoms with E-state index in [1.165, 1.54) is 54.6 Å². The summed E-state index contributed by atoms with van der Waals surface area (Å²) in [5.41, 5.74) is 0.438. The van der Waals surface area contributed by atoms with Crippen LogP contribution in [0.25, 0.3) is 0 Å².